The number of para-hydroxylation sites is 1. The molecule has 1 heterocycles. The SMILES string of the molecule is C[C@H](NC(=O)N1CCN(Cc2ccccc2)CC1)C(=O)Nc1ccccc1. The zero-order valence-electron chi connectivity index (χ0n) is 15.6. The molecule has 1 atom stereocenters. The van der Waals surface area contributed by atoms with Crippen molar-refractivity contribution in [2.45, 2.75) is 19.5 Å². The van der Waals surface area contributed by atoms with Gasteiger partial charge in [-0.2, -0.15) is 0 Å². The topological polar surface area (TPSA) is 64.7 Å². The number of hydrogen-bond acceptors (Lipinski definition) is 3. The number of anilines is 1. The van der Waals surface area contributed by atoms with Gasteiger partial charge < -0.3 is 15.5 Å². The molecule has 3 rings (SSSR count). The van der Waals surface area contributed by atoms with Gasteiger partial charge in [-0.1, -0.05) is 48.5 Å². The smallest absolute Gasteiger partial charge is 0.318 e. The van der Waals surface area contributed by atoms with Crippen LogP contribution in [0.4, 0.5) is 10.5 Å². The average Bonchev–Trinajstić information content (AvgIpc) is 2.70. The van der Waals surface area contributed by atoms with Gasteiger partial charge >= 0.3 is 6.03 Å². The highest BCUT2D eigenvalue weighted by Crippen LogP contribution is 2.09. The molecule has 3 amide bonds. The third kappa shape index (κ3) is 5.56. The Bertz CT molecular complexity index is 743. The Labute approximate surface area is 160 Å². The summed E-state index contributed by atoms with van der Waals surface area (Å²) in [7, 11) is 0. The van der Waals surface area contributed by atoms with E-state index in [0.717, 1.165) is 25.3 Å². The van der Waals surface area contributed by atoms with E-state index >= 15 is 0 Å². The van der Waals surface area contributed by atoms with E-state index in [0.29, 0.717) is 13.1 Å². The molecule has 0 saturated carbocycles. The van der Waals surface area contributed by atoms with Crippen molar-refractivity contribution in [1.82, 2.24) is 15.1 Å². The molecule has 1 saturated heterocycles. The van der Waals surface area contributed by atoms with Crippen LogP contribution < -0.4 is 10.6 Å². The molecule has 142 valence electrons. The Morgan fingerprint density at radius 1 is 0.926 bits per heavy atom. The number of amides is 3. The molecule has 1 aliphatic rings. The van der Waals surface area contributed by atoms with Gasteiger partial charge in [-0.3, -0.25) is 9.69 Å². The lowest BCUT2D eigenvalue weighted by Crippen LogP contribution is -2.54. The summed E-state index contributed by atoms with van der Waals surface area (Å²) in [5.74, 6) is -0.225. The first-order valence-electron chi connectivity index (χ1n) is 9.29. The molecule has 0 radical (unpaired) electrons. The maximum absolute atomic E-state index is 12.4. The van der Waals surface area contributed by atoms with Crippen molar-refractivity contribution in [3.05, 3.63) is 66.2 Å². The highest BCUT2D eigenvalue weighted by Gasteiger charge is 2.24. The lowest BCUT2D eigenvalue weighted by atomic mass is 10.2. The van der Waals surface area contributed by atoms with Crippen LogP contribution in [0.25, 0.3) is 0 Å². The Morgan fingerprint density at radius 3 is 2.15 bits per heavy atom. The first-order valence-corrected chi connectivity index (χ1v) is 9.29. The minimum absolute atomic E-state index is 0.190. The lowest BCUT2D eigenvalue weighted by Gasteiger charge is -2.35. The minimum Gasteiger partial charge on any atom is -0.326 e. The summed E-state index contributed by atoms with van der Waals surface area (Å²) >= 11 is 0. The first-order chi connectivity index (χ1) is 13.1. The van der Waals surface area contributed by atoms with Crippen LogP contribution in [0.3, 0.4) is 0 Å². The Balaban J connectivity index is 1.43. The zero-order chi connectivity index (χ0) is 19.1. The number of benzene rings is 2. The Morgan fingerprint density at radius 2 is 1.52 bits per heavy atom. The summed E-state index contributed by atoms with van der Waals surface area (Å²) in [4.78, 5) is 28.8. The average molecular weight is 366 g/mol. The van der Waals surface area contributed by atoms with E-state index in [-0.39, 0.29) is 11.9 Å². The van der Waals surface area contributed by atoms with E-state index in [2.05, 4.69) is 27.7 Å². The van der Waals surface area contributed by atoms with Gasteiger partial charge in [0.25, 0.3) is 0 Å². The number of piperazine rings is 1. The van der Waals surface area contributed by atoms with Crippen molar-refractivity contribution in [3.8, 4) is 0 Å². The second-order valence-corrected chi connectivity index (χ2v) is 6.78. The van der Waals surface area contributed by atoms with Crippen LogP contribution in [0.1, 0.15) is 12.5 Å². The van der Waals surface area contributed by atoms with Crippen LogP contribution >= 0.6 is 0 Å². The van der Waals surface area contributed by atoms with Crippen molar-refractivity contribution in [2.75, 3.05) is 31.5 Å². The van der Waals surface area contributed by atoms with E-state index in [9.17, 15) is 9.59 Å². The molecule has 6 nitrogen and oxygen atoms in total. The first kappa shape index (κ1) is 18.9. The molecule has 27 heavy (non-hydrogen) atoms. The highest BCUT2D eigenvalue weighted by atomic mass is 16.2. The van der Waals surface area contributed by atoms with Gasteiger partial charge in [0.2, 0.25) is 5.91 Å². The summed E-state index contributed by atoms with van der Waals surface area (Å²) < 4.78 is 0. The van der Waals surface area contributed by atoms with Crippen molar-refractivity contribution in [2.24, 2.45) is 0 Å². The number of hydrogen-bond donors (Lipinski definition) is 2. The van der Waals surface area contributed by atoms with Gasteiger partial charge in [0.05, 0.1) is 0 Å². The monoisotopic (exact) mass is 366 g/mol. The van der Waals surface area contributed by atoms with E-state index < -0.39 is 6.04 Å². The lowest BCUT2D eigenvalue weighted by molar-refractivity contribution is -0.117. The molecule has 2 N–H and O–H groups in total. The van der Waals surface area contributed by atoms with Crippen LogP contribution in [-0.4, -0.2) is 54.0 Å². The molecule has 0 aromatic heterocycles. The Kier molecular flexibility index (Phi) is 6.44. The van der Waals surface area contributed by atoms with E-state index in [4.69, 9.17) is 0 Å². The van der Waals surface area contributed by atoms with E-state index in [1.807, 2.05) is 48.5 Å². The highest BCUT2D eigenvalue weighted by molar-refractivity contribution is 5.96. The molecular formula is C21H26N4O2. The fourth-order valence-corrected chi connectivity index (χ4v) is 3.06. The largest absolute Gasteiger partial charge is 0.326 e. The molecule has 2 aromatic carbocycles. The zero-order valence-corrected chi connectivity index (χ0v) is 15.6. The number of nitrogens with zero attached hydrogens (tertiary/aromatic N) is 2. The fourth-order valence-electron chi connectivity index (χ4n) is 3.06. The van der Waals surface area contributed by atoms with Crippen LogP contribution in [0, 0.1) is 0 Å². The van der Waals surface area contributed by atoms with Crippen LogP contribution in [-0.2, 0) is 11.3 Å². The molecular weight excluding hydrogens is 340 g/mol. The van der Waals surface area contributed by atoms with Crippen LogP contribution in [0.2, 0.25) is 0 Å². The summed E-state index contributed by atoms with van der Waals surface area (Å²) in [5.41, 5.74) is 2.00. The van der Waals surface area contributed by atoms with Crippen molar-refractivity contribution in [1.29, 1.82) is 0 Å². The fraction of sp³-hybridized carbons (Fsp3) is 0.333. The maximum Gasteiger partial charge on any atom is 0.318 e. The van der Waals surface area contributed by atoms with Gasteiger partial charge in [0.1, 0.15) is 6.04 Å². The molecule has 2 aromatic rings. The number of rotatable bonds is 5. The van der Waals surface area contributed by atoms with Crippen molar-refractivity contribution < 1.29 is 9.59 Å². The predicted molar refractivity (Wildman–Crippen MR) is 106 cm³/mol. The van der Waals surface area contributed by atoms with Crippen molar-refractivity contribution in [3.63, 3.8) is 0 Å². The second kappa shape index (κ2) is 9.19. The van der Waals surface area contributed by atoms with Gasteiger partial charge in [0, 0.05) is 38.4 Å². The number of nitrogens with one attached hydrogen (secondary N) is 2. The molecule has 1 aliphatic heterocycles. The maximum atomic E-state index is 12.4. The summed E-state index contributed by atoms with van der Waals surface area (Å²) in [6.07, 6.45) is 0. The Hall–Kier alpha value is -2.86. The normalized spacial score (nSPS) is 15.8. The van der Waals surface area contributed by atoms with Crippen LogP contribution in [0.5, 0.6) is 0 Å². The quantitative estimate of drug-likeness (QED) is 0.855. The number of urea groups is 1. The third-order valence-corrected chi connectivity index (χ3v) is 4.68. The molecule has 0 bridgehead atoms. The molecule has 0 aliphatic carbocycles. The molecule has 0 unspecified atom stereocenters. The van der Waals surface area contributed by atoms with E-state index in [1.54, 1.807) is 11.8 Å². The number of carbonyl (C=O) groups is 2. The summed E-state index contributed by atoms with van der Waals surface area (Å²) in [6.45, 7) is 5.56. The molecule has 1 fully saturated rings. The van der Waals surface area contributed by atoms with E-state index in [1.165, 1.54) is 5.56 Å². The number of carbonyl (C=O) groups excluding carboxylic acids is 2. The minimum atomic E-state index is -0.597. The van der Waals surface area contributed by atoms with Gasteiger partial charge in [-0.25, -0.2) is 4.79 Å². The van der Waals surface area contributed by atoms with Gasteiger partial charge in [0.15, 0.2) is 0 Å². The summed E-state index contributed by atoms with van der Waals surface area (Å²) in [6, 6.07) is 18.8. The van der Waals surface area contributed by atoms with Gasteiger partial charge in [-0.05, 0) is 24.6 Å². The van der Waals surface area contributed by atoms with Crippen molar-refractivity contribution >= 4 is 17.6 Å². The third-order valence-electron chi connectivity index (χ3n) is 4.68. The summed E-state index contributed by atoms with van der Waals surface area (Å²) in [5, 5.41) is 5.59. The predicted octanol–water partition coefficient (Wildman–Crippen LogP) is 2.54. The standard InChI is InChI=1S/C21H26N4O2/c1-17(20(26)23-19-10-6-3-7-11-19)22-21(27)25-14-12-24(13-15-25)16-18-8-4-2-5-9-18/h2-11,17H,12-16H2,1H3,(H,22,27)(H,23,26)/t17-/m0/s1. The second-order valence-electron chi connectivity index (χ2n) is 6.78. The van der Waals surface area contributed by atoms with Crippen LogP contribution in [0.15, 0.2) is 60.7 Å². The molecule has 6 heteroatoms. The van der Waals surface area contributed by atoms with Gasteiger partial charge in [-0.15, -0.1) is 0 Å². The molecule has 0 spiro atoms.